The summed E-state index contributed by atoms with van der Waals surface area (Å²) in [6, 6.07) is 4.43. The number of carbonyl (C=O) groups is 1. The number of thioether (sulfide) groups is 1. The number of anilines is 1. The van der Waals surface area contributed by atoms with Gasteiger partial charge in [0.1, 0.15) is 5.82 Å². The minimum Gasteiger partial charge on any atom is -0.465 e. The lowest BCUT2D eigenvalue weighted by Crippen LogP contribution is -2.21. The van der Waals surface area contributed by atoms with E-state index in [-0.39, 0.29) is 5.82 Å². The van der Waals surface area contributed by atoms with Crippen molar-refractivity contribution in [2.75, 3.05) is 23.4 Å². The van der Waals surface area contributed by atoms with Gasteiger partial charge < -0.3 is 10.4 Å². The predicted octanol–water partition coefficient (Wildman–Crippen LogP) is 3.54. The number of halogens is 1. The third kappa shape index (κ3) is 5.21. The van der Waals surface area contributed by atoms with Crippen molar-refractivity contribution < 1.29 is 14.3 Å². The fourth-order valence-corrected chi connectivity index (χ4v) is 3.73. The van der Waals surface area contributed by atoms with E-state index in [1.54, 1.807) is 6.07 Å². The van der Waals surface area contributed by atoms with Crippen molar-refractivity contribution >= 4 is 23.5 Å². The molecule has 1 saturated heterocycles. The molecule has 0 atom stereocenters. The number of hydrogen-bond donors (Lipinski definition) is 3. The summed E-state index contributed by atoms with van der Waals surface area (Å²) >= 11 is 2.01. The summed E-state index contributed by atoms with van der Waals surface area (Å²) in [5.74, 6) is 2.86. The first-order valence-electron chi connectivity index (χ1n) is 7.22. The first-order valence-corrected chi connectivity index (χ1v) is 8.38. The van der Waals surface area contributed by atoms with Crippen molar-refractivity contribution in [3.8, 4) is 0 Å². The summed E-state index contributed by atoms with van der Waals surface area (Å²) < 4.78 is 13.8. The topological polar surface area (TPSA) is 61.4 Å². The molecule has 6 heteroatoms. The minimum absolute atomic E-state index is 0.309. The highest BCUT2D eigenvalue weighted by molar-refractivity contribution is 7.99. The molecule has 3 N–H and O–H groups in total. The zero-order valence-electron chi connectivity index (χ0n) is 11.9. The summed E-state index contributed by atoms with van der Waals surface area (Å²) in [5.41, 5.74) is 0.683. The van der Waals surface area contributed by atoms with Crippen molar-refractivity contribution in [1.82, 2.24) is 5.32 Å². The molecule has 0 saturated carbocycles. The highest BCUT2D eigenvalue weighted by Crippen LogP contribution is 2.25. The fourth-order valence-electron chi connectivity index (χ4n) is 2.53. The number of amides is 1. The zero-order chi connectivity index (χ0) is 15.1. The maximum atomic E-state index is 13.8. The Morgan fingerprint density at radius 2 is 2.14 bits per heavy atom. The van der Waals surface area contributed by atoms with Crippen molar-refractivity contribution in [2.24, 2.45) is 5.92 Å². The molecule has 1 heterocycles. The number of hydrogen-bond acceptors (Lipinski definition) is 3. The number of carboxylic acid groups (broad SMARTS) is 1. The lowest BCUT2D eigenvalue weighted by atomic mass is 9.99. The zero-order valence-corrected chi connectivity index (χ0v) is 12.7. The van der Waals surface area contributed by atoms with Crippen LogP contribution in [-0.2, 0) is 6.54 Å². The van der Waals surface area contributed by atoms with Gasteiger partial charge in [-0.2, -0.15) is 11.8 Å². The van der Waals surface area contributed by atoms with Crippen molar-refractivity contribution in [3.05, 3.63) is 29.6 Å². The van der Waals surface area contributed by atoms with E-state index >= 15 is 0 Å². The van der Waals surface area contributed by atoms with E-state index in [1.807, 2.05) is 11.8 Å². The summed E-state index contributed by atoms with van der Waals surface area (Å²) in [5, 5.41) is 14.2. The van der Waals surface area contributed by atoms with E-state index in [1.165, 1.54) is 36.5 Å². The largest absolute Gasteiger partial charge is 0.465 e. The lowest BCUT2D eigenvalue weighted by molar-refractivity contribution is 0.209. The third-order valence-corrected chi connectivity index (χ3v) is 4.78. The maximum Gasteiger partial charge on any atom is 0.409 e. The summed E-state index contributed by atoms with van der Waals surface area (Å²) in [6.45, 7) is 1.17. The van der Waals surface area contributed by atoms with Crippen LogP contribution < -0.4 is 10.6 Å². The normalized spacial score (nSPS) is 15.9. The first kappa shape index (κ1) is 16.1. The quantitative estimate of drug-likeness (QED) is 0.703. The monoisotopic (exact) mass is 312 g/mol. The molecule has 1 amide bonds. The molecule has 1 aromatic rings. The standard InChI is InChI=1S/C15H21FN2O2S/c16-13-2-1-3-14(18-15(19)20)12(13)10-17-7-4-11-5-8-21-9-6-11/h1-3,11,17-18H,4-10H2,(H,19,20). The van der Waals surface area contributed by atoms with Gasteiger partial charge in [0, 0.05) is 12.1 Å². The Hall–Kier alpha value is -1.27. The Kier molecular flexibility index (Phi) is 6.32. The van der Waals surface area contributed by atoms with Gasteiger partial charge in [0.05, 0.1) is 5.69 Å². The number of benzene rings is 1. The summed E-state index contributed by atoms with van der Waals surface area (Å²) in [6.07, 6.45) is 2.44. The molecule has 0 aromatic heterocycles. The summed E-state index contributed by atoms with van der Waals surface area (Å²) in [4.78, 5) is 10.7. The van der Waals surface area contributed by atoms with E-state index in [2.05, 4.69) is 10.6 Å². The Bertz CT molecular complexity index is 479. The van der Waals surface area contributed by atoms with Crippen LogP contribution in [0, 0.1) is 11.7 Å². The molecule has 2 rings (SSSR count). The van der Waals surface area contributed by atoms with Crippen molar-refractivity contribution in [1.29, 1.82) is 0 Å². The summed E-state index contributed by atoms with van der Waals surface area (Å²) in [7, 11) is 0. The van der Waals surface area contributed by atoms with Gasteiger partial charge in [0.25, 0.3) is 0 Å². The Morgan fingerprint density at radius 3 is 2.86 bits per heavy atom. The van der Waals surface area contributed by atoms with Gasteiger partial charge in [0.2, 0.25) is 0 Å². The highest BCUT2D eigenvalue weighted by Gasteiger charge is 2.14. The number of rotatable bonds is 6. The average molecular weight is 312 g/mol. The minimum atomic E-state index is -1.18. The lowest BCUT2D eigenvalue weighted by Gasteiger charge is -2.21. The van der Waals surface area contributed by atoms with Gasteiger partial charge in [-0.05, 0) is 55.4 Å². The molecule has 4 nitrogen and oxygen atoms in total. The third-order valence-electron chi connectivity index (χ3n) is 3.73. The van der Waals surface area contributed by atoms with Crippen LogP contribution >= 0.6 is 11.8 Å². The maximum absolute atomic E-state index is 13.8. The second kappa shape index (κ2) is 8.24. The van der Waals surface area contributed by atoms with Crippen molar-refractivity contribution in [2.45, 2.75) is 25.8 Å². The van der Waals surface area contributed by atoms with E-state index in [0.29, 0.717) is 17.8 Å². The van der Waals surface area contributed by atoms with Gasteiger partial charge in [0.15, 0.2) is 0 Å². The van der Waals surface area contributed by atoms with Gasteiger partial charge in [-0.25, -0.2) is 9.18 Å². The van der Waals surface area contributed by atoms with Crippen LogP contribution in [0.3, 0.4) is 0 Å². The van der Waals surface area contributed by atoms with E-state index in [9.17, 15) is 9.18 Å². The molecule has 21 heavy (non-hydrogen) atoms. The van der Waals surface area contributed by atoms with Crippen LogP contribution in [0.4, 0.5) is 14.9 Å². The van der Waals surface area contributed by atoms with Crippen LogP contribution in [-0.4, -0.2) is 29.3 Å². The molecule has 116 valence electrons. The molecule has 0 spiro atoms. The van der Waals surface area contributed by atoms with Crippen LogP contribution in [0.25, 0.3) is 0 Å². The van der Waals surface area contributed by atoms with Gasteiger partial charge in [-0.3, -0.25) is 5.32 Å². The van der Waals surface area contributed by atoms with Crippen LogP contribution in [0.5, 0.6) is 0 Å². The predicted molar refractivity (Wildman–Crippen MR) is 84.4 cm³/mol. The average Bonchev–Trinajstić information content (AvgIpc) is 2.46. The Balaban J connectivity index is 1.82. The van der Waals surface area contributed by atoms with E-state index in [0.717, 1.165) is 18.9 Å². The molecular weight excluding hydrogens is 291 g/mol. The molecule has 0 bridgehead atoms. The van der Waals surface area contributed by atoms with Crippen LogP contribution in [0.2, 0.25) is 0 Å². The molecule has 0 unspecified atom stereocenters. The van der Waals surface area contributed by atoms with E-state index in [4.69, 9.17) is 5.11 Å². The number of nitrogens with one attached hydrogen (secondary N) is 2. The smallest absolute Gasteiger partial charge is 0.409 e. The SMILES string of the molecule is O=C(O)Nc1cccc(F)c1CNCCC1CCSCC1. The molecule has 1 aliphatic heterocycles. The molecular formula is C15H21FN2O2S. The molecule has 1 fully saturated rings. The van der Waals surface area contributed by atoms with Crippen LogP contribution in [0.1, 0.15) is 24.8 Å². The van der Waals surface area contributed by atoms with Crippen LogP contribution in [0.15, 0.2) is 18.2 Å². The Labute approximate surface area is 128 Å². The van der Waals surface area contributed by atoms with Gasteiger partial charge in [-0.15, -0.1) is 0 Å². The molecule has 1 aromatic carbocycles. The fraction of sp³-hybridized carbons (Fsp3) is 0.533. The van der Waals surface area contributed by atoms with Crippen molar-refractivity contribution in [3.63, 3.8) is 0 Å². The van der Waals surface area contributed by atoms with Gasteiger partial charge in [-0.1, -0.05) is 6.07 Å². The highest BCUT2D eigenvalue weighted by atomic mass is 32.2. The molecule has 0 radical (unpaired) electrons. The molecule has 0 aliphatic carbocycles. The second-order valence-corrected chi connectivity index (χ2v) is 6.44. The van der Waals surface area contributed by atoms with E-state index < -0.39 is 6.09 Å². The first-order chi connectivity index (χ1) is 10.2. The second-order valence-electron chi connectivity index (χ2n) is 5.22. The Morgan fingerprint density at radius 1 is 1.38 bits per heavy atom. The molecule has 1 aliphatic rings. The van der Waals surface area contributed by atoms with Gasteiger partial charge >= 0.3 is 6.09 Å².